The summed E-state index contributed by atoms with van der Waals surface area (Å²) >= 11 is 0. The summed E-state index contributed by atoms with van der Waals surface area (Å²) in [4.78, 5) is 8.69. The molecule has 0 amide bonds. The normalized spacial score (nSPS) is 18.8. The fourth-order valence-corrected chi connectivity index (χ4v) is 2.62. The Balaban J connectivity index is 2.06. The van der Waals surface area contributed by atoms with Gasteiger partial charge in [-0.3, -0.25) is 9.36 Å². The number of nitrogens with two attached hydrogens (primary N) is 3. The zero-order valence-corrected chi connectivity index (χ0v) is 15.0. The molecule has 0 spiro atoms. The number of nitrogens with one attached hydrogen (secondary N) is 1. The second kappa shape index (κ2) is 6.19. The predicted octanol–water partition coefficient (Wildman–Crippen LogP) is -0.307. The summed E-state index contributed by atoms with van der Waals surface area (Å²) in [5, 5.41) is 21.7. The molecule has 11 nitrogen and oxygen atoms in total. The van der Waals surface area contributed by atoms with Crippen LogP contribution in [0.3, 0.4) is 0 Å². The molecule has 0 saturated heterocycles. The maximum absolute atomic E-state index is 10.0. The van der Waals surface area contributed by atoms with Gasteiger partial charge in [-0.05, 0) is 19.9 Å². The van der Waals surface area contributed by atoms with E-state index in [9.17, 15) is 5.11 Å². The van der Waals surface area contributed by atoms with Crippen molar-refractivity contribution >= 4 is 34.7 Å². The molecule has 1 aliphatic rings. The smallest absolute Gasteiger partial charge is 0.178 e. The van der Waals surface area contributed by atoms with Crippen molar-refractivity contribution in [1.29, 1.82) is 0 Å². The van der Waals surface area contributed by atoms with Gasteiger partial charge in [0.25, 0.3) is 0 Å². The SMILES string of the molecule is Cc1nn(C)c(N)c1N=C1N=C(N)C(O)C=C1Nc1c(C)nn(C)c1N. The van der Waals surface area contributed by atoms with Crippen LogP contribution in [0.15, 0.2) is 21.8 Å². The molecule has 2 aromatic rings. The molecule has 1 aliphatic heterocycles. The average Bonchev–Trinajstić information content (AvgIpc) is 2.95. The standard InChI is InChI=1S/C15H22N10O/c1-6-10(13(17)24(3)22-6)19-8-5-9(26)12(16)21-15(8)20-11-7(2)23-25(4)14(11)18/h5,9,19,26H,17-18H2,1-4H3,(H2,16,20,21). The number of aliphatic imine (C=N–C) groups is 2. The highest BCUT2D eigenvalue weighted by molar-refractivity contribution is 6.13. The van der Waals surface area contributed by atoms with Crippen LogP contribution in [0.4, 0.5) is 23.0 Å². The van der Waals surface area contributed by atoms with Crippen LogP contribution in [0.1, 0.15) is 11.4 Å². The van der Waals surface area contributed by atoms with Gasteiger partial charge in [0.1, 0.15) is 35.0 Å². The molecule has 0 fully saturated rings. The Labute approximate surface area is 149 Å². The molecule has 1 atom stereocenters. The van der Waals surface area contributed by atoms with Gasteiger partial charge in [0.15, 0.2) is 5.84 Å². The van der Waals surface area contributed by atoms with Crippen LogP contribution < -0.4 is 22.5 Å². The minimum absolute atomic E-state index is 0.0327. The van der Waals surface area contributed by atoms with E-state index in [0.717, 1.165) is 0 Å². The van der Waals surface area contributed by atoms with Gasteiger partial charge in [-0.1, -0.05) is 0 Å². The van der Waals surface area contributed by atoms with Crippen molar-refractivity contribution in [3.63, 3.8) is 0 Å². The van der Waals surface area contributed by atoms with Crippen LogP contribution >= 0.6 is 0 Å². The number of anilines is 3. The summed E-state index contributed by atoms with van der Waals surface area (Å²) in [6.45, 7) is 3.61. The topological polar surface area (TPSA) is 171 Å². The Bertz CT molecular complexity index is 962. The third-order valence-electron chi connectivity index (χ3n) is 4.08. The first-order valence-corrected chi connectivity index (χ1v) is 7.87. The van der Waals surface area contributed by atoms with Crippen molar-refractivity contribution in [2.75, 3.05) is 16.8 Å². The lowest BCUT2D eigenvalue weighted by Gasteiger charge is -2.18. The van der Waals surface area contributed by atoms with Crippen molar-refractivity contribution in [2.24, 2.45) is 29.8 Å². The van der Waals surface area contributed by atoms with Gasteiger partial charge < -0.3 is 27.6 Å². The highest BCUT2D eigenvalue weighted by Gasteiger charge is 2.23. The fraction of sp³-hybridized carbons (Fsp3) is 0.333. The van der Waals surface area contributed by atoms with Crippen LogP contribution in [-0.4, -0.2) is 42.4 Å². The Morgan fingerprint density at radius 2 is 1.69 bits per heavy atom. The van der Waals surface area contributed by atoms with Gasteiger partial charge in [0, 0.05) is 14.1 Å². The molecule has 11 heteroatoms. The van der Waals surface area contributed by atoms with E-state index in [1.807, 2.05) is 6.92 Å². The summed E-state index contributed by atoms with van der Waals surface area (Å²) in [6.07, 6.45) is 0.469. The number of aromatic nitrogens is 4. The van der Waals surface area contributed by atoms with E-state index in [0.29, 0.717) is 40.1 Å². The van der Waals surface area contributed by atoms with Gasteiger partial charge in [0.05, 0.1) is 17.1 Å². The van der Waals surface area contributed by atoms with Crippen LogP contribution in [-0.2, 0) is 14.1 Å². The van der Waals surface area contributed by atoms with Gasteiger partial charge in [-0.2, -0.15) is 10.2 Å². The highest BCUT2D eigenvalue weighted by atomic mass is 16.3. The molecule has 3 rings (SSSR count). The predicted molar refractivity (Wildman–Crippen MR) is 101 cm³/mol. The zero-order valence-electron chi connectivity index (χ0n) is 15.0. The van der Waals surface area contributed by atoms with Crippen LogP contribution in [0.25, 0.3) is 0 Å². The molecule has 0 saturated carbocycles. The van der Waals surface area contributed by atoms with Crippen LogP contribution in [0.5, 0.6) is 0 Å². The van der Waals surface area contributed by atoms with Gasteiger partial charge in [-0.25, -0.2) is 9.98 Å². The summed E-state index contributed by atoms with van der Waals surface area (Å²) in [5.41, 5.74) is 20.7. The van der Waals surface area contributed by atoms with Crippen molar-refractivity contribution in [1.82, 2.24) is 19.6 Å². The number of aliphatic hydroxyl groups excluding tert-OH is 1. The third kappa shape index (κ3) is 2.88. The Morgan fingerprint density at radius 3 is 2.23 bits per heavy atom. The van der Waals surface area contributed by atoms with Gasteiger partial charge >= 0.3 is 0 Å². The number of aliphatic hydroxyl groups is 1. The first kappa shape index (κ1) is 17.5. The molecule has 0 bridgehead atoms. The van der Waals surface area contributed by atoms with Crippen LogP contribution in [0, 0.1) is 13.8 Å². The molecule has 0 aliphatic carbocycles. The number of nitrogen functional groups attached to an aromatic ring is 2. The van der Waals surface area contributed by atoms with Crippen molar-refractivity contribution in [3.8, 4) is 0 Å². The molecule has 26 heavy (non-hydrogen) atoms. The minimum Gasteiger partial charge on any atom is -0.385 e. The maximum Gasteiger partial charge on any atom is 0.178 e. The number of rotatable bonds is 3. The zero-order chi connectivity index (χ0) is 19.2. The summed E-state index contributed by atoms with van der Waals surface area (Å²) in [7, 11) is 3.46. The Kier molecular flexibility index (Phi) is 4.16. The largest absolute Gasteiger partial charge is 0.385 e. The number of amidine groups is 2. The lowest BCUT2D eigenvalue weighted by atomic mass is 10.2. The van der Waals surface area contributed by atoms with Gasteiger partial charge in [0.2, 0.25) is 0 Å². The molecule has 0 aromatic carbocycles. The summed E-state index contributed by atoms with van der Waals surface area (Å²) < 4.78 is 3.08. The molecule has 138 valence electrons. The van der Waals surface area contributed by atoms with Crippen molar-refractivity contribution < 1.29 is 5.11 Å². The van der Waals surface area contributed by atoms with E-state index in [2.05, 4.69) is 25.5 Å². The first-order chi connectivity index (χ1) is 12.2. The number of dihydropyridines is 1. The minimum atomic E-state index is -1.04. The maximum atomic E-state index is 10.0. The van der Waals surface area contributed by atoms with E-state index >= 15 is 0 Å². The van der Waals surface area contributed by atoms with E-state index in [1.165, 1.54) is 10.8 Å². The fourth-order valence-electron chi connectivity index (χ4n) is 2.62. The van der Waals surface area contributed by atoms with E-state index in [4.69, 9.17) is 17.2 Å². The van der Waals surface area contributed by atoms with E-state index in [1.54, 1.807) is 25.7 Å². The van der Waals surface area contributed by atoms with Crippen molar-refractivity contribution in [2.45, 2.75) is 20.0 Å². The lowest BCUT2D eigenvalue weighted by Crippen LogP contribution is -2.33. The molecular weight excluding hydrogens is 336 g/mol. The average molecular weight is 358 g/mol. The Morgan fingerprint density at radius 1 is 1.08 bits per heavy atom. The molecular formula is C15H22N10O. The molecule has 0 radical (unpaired) electrons. The lowest BCUT2D eigenvalue weighted by molar-refractivity contribution is 0.286. The molecule has 1 unspecified atom stereocenters. The van der Waals surface area contributed by atoms with Crippen LogP contribution in [0.2, 0.25) is 0 Å². The summed E-state index contributed by atoms with van der Waals surface area (Å²) in [5.74, 6) is 1.13. The molecule has 2 aromatic heterocycles. The summed E-state index contributed by atoms with van der Waals surface area (Å²) in [6, 6.07) is 0. The number of hydrogen-bond acceptors (Lipinski definition) is 8. The third-order valence-corrected chi connectivity index (χ3v) is 4.08. The quantitative estimate of drug-likeness (QED) is 0.501. The van der Waals surface area contributed by atoms with E-state index in [-0.39, 0.29) is 11.7 Å². The van der Waals surface area contributed by atoms with E-state index < -0.39 is 6.10 Å². The van der Waals surface area contributed by atoms with Crippen molar-refractivity contribution in [3.05, 3.63) is 23.2 Å². The second-order valence-corrected chi connectivity index (χ2v) is 6.03. The number of hydrogen-bond donors (Lipinski definition) is 5. The highest BCUT2D eigenvalue weighted by Crippen LogP contribution is 2.29. The Hall–Kier alpha value is -3.34. The molecule has 3 heterocycles. The first-order valence-electron chi connectivity index (χ1n) is 7.87. The number of nitrogens with zero attached hydrogens (tertiary/aromatic N) is 6. The van der Waals surface area contributed by atoms with Gasteiger partial charge in [-0.15, -0.1) is 0 Å². The number of aryl methyl sites for hydroxylation is 4. The second-order valence-electron chi connectivity index (χ2n) is 6.03. The monoisotopic (exact) mass is 358 g/mol. The molecule has 8 N–H and O–H groups in total.